The highest BCUT2D eigenvalue weighted by Gasteiger charge is 2.35. The van der Waals surface area contributed by atoms with Crippen molar-refractivity contribution in [2.45, 2.75) is 38.2 Å². The highest BCUT2D eigenvalue weighted by Crippen LogP contribution is 2.27. The van der Waals surface area contributed by atoms with Crippen LogP contribution in [0.4, 0.5) is 0 Å². The Morgan fingerprint density at radius 3 is 2.32 bits per heavy atom. The van der Waals surface area contributed by atoms with E-state index in [1.807, 2.05) is 49.1 Å². The fourth-order valence-corrected chi connectivity index (χ4v) is 2.67. The number of rotatable bonds is 3. The first kappa shape index (κ1) is 14.1. The number of likely N-dealkylation sites (tertiary alicyclic amines) is 1. The molecule has 1 amide bonds. The summed E-state index contributed by atoms with van der Waals surface area (Å²) in [4.78, 5) is 14.7. The Kier molecular flexibility index (Phi) is 4.25. The van der Waals surface area contributed by atoms with Crippen molar-refractivity contribution < 1.29 is 9.53 Å². The molecule has 0 aromatic heterocycles. The third kappa shape index (κ3) is 2.98. The molecule has 1 heterocycles. The molecule has 0 radical (unpaired) electrons. The Morgan fingerprint density at radius 1 is 1.21 bits per heavy atom. The molecule has 1 saturated heterocycles. The second kappa shape index (κ2) is 5.74. The average Bonchev–Trinajstić information content (AvgIpc) is 2.47. The summed E-state index contributed by atoms with van der Waals surface area (Å²) in [5.41, 5.74) is 0.620. The number of carbonyl (C=O) groups is 1. The van der Waals surface area contributed by atoms with Crippen molar-refractivity contribution in [3.8, 4) is 0 Å². The van der Waals surface area contributed by atoms with Crippen LogP contribution < -0.4 is 0 Å². The number of hydrogen-bond donors (Lipinski definition) is 0. The number of carbonyl (C=O) groups excluding carboxylic acids is 1. The van der Waals surface area contributed by atoms with Gasteiger partial charge in [0.05, 0.1) is 11.5 Å². The van der Waals surface area contributed by atoms with Crippen LogP contribution in [0, 0.1) is 0 Å². The average molecular weight is 261 g/mol. The summed E-state index contributed by atoms with van der Waals surface area (Å²) in [6.45, 7) is 5.61. The van der Waals surface area contributed by atoms with Gasteiger partial charge in [0, 0.05) is 20.2 Å². The second-order valence-corrected chi connectivity index (χ2v) is 5.72. The Labute approximate surface area is 115 Å². The first-order chi connectivity index (χ1) is 9.05. The summed E-state index contributed by atoms with van der Waals surface area (Å²) in [5, 5.41) is 0. The number of piperidine rings is 1. The zero-order valence-electron chi connectivity index (χ0n) is 12.1. The molecule has 0 atom stereocenters. The number of ether oxygens (including phenoxy) is 1. The standard InChI is InChI=1S/C16H23NO2/c1-16(2,13-7-5-4-6-8-13)15(18)17-11-9-14(19-3)10-12-17/h4-8,14H,9-12H2,1-3H3. The van der Waals surface area contributed by atoms with Crippen molar-refractivity contribution in [3.05, 3.63) is 35.9 Å². The lowest BCUT2D eigenvalue weighted by Gasteiger charge is -2.36. The van der Waals surface area contributed by atoms with Gasteiger partial charge in [0.1, 0.15) is 0 Å². The molecule has 0 spiro atoms. The number of amides is 1. The maximum atomic E-state index is 12.7. The molecular formula is C16H23NO2. The van der Waals surface area contributed by atoms with Gasteiger partial charge in [-0.3, -0.25) is 4.79 Å². The van der Waals surface area contributed by atoms with E-state index in [4.69, 9.17) is 4.74 Å². The summed E-state index contributed by atoms with van der Waals surface area (Å²) in [5.74, 6) is 0.216. The van der Waals surface area contributed by atoms with Crippen LogP contribution in [0.5, 0.6) is 0 Å². The molecule has 19 heavy (non-hydrogen) atoms. The molecule has 104 valence electrons. The number of hydrogen-bond acceptors (Lipinski definition) is 2. The van der Waals surface area contributed by atoms with E-state index in [1.165, 1.54) is 0 Å². The summed E-state index contributed by atoms with van der Waals surface area (Å²) < 4.78 is 5.35. The fraction of sp³-hybridized carbons (Fsp3) is 0.562. The summed E-state index contributed by atoms with van der Waals surface area (Å²) in [7, 11) is 1.75. The van der Waals surface area contributed by atoms with Gasteiger partial charge in [-0.1, -0.05) is 30.3 Å². The van der Waals surface area contributed by atoms with Gasteiger partial charge >= 0.3 is 0 Å². The Bertz CT molecular complexity index is 420. The van der Waals surface area contributed by atoms with Gasteiger partial charge in [0.25, 0.3) is 0 Å². The molecule has 1 fully saturated rings. The lowest BCUT2D eigenvalue weighted by atomic mass is 9.82. The quantitative estimate of drug-likeness (QED) is 0.837. The van der Waals surface area contributed by atoms with Crippen molar-refractivity contribution in [1.82, 2.24) is 4.90 Å². The molecule has 1 aromatic carbocycles. The van der Waals surface area contributed by atoms with Crippen LogP contribution in [0.2, 0.25) is 0 Å². The molecule has 0 saturated carbocycles. The molecule has 1 aliphatic heterocycles. The Hall–Kier alpha value is -1.35. The van der Waals surface area contributed by atoms with Crippen molar-refractivity contribution in [2.24, 2.45) is 0 Å². The summed E-state index contributed by atoms with van der Waals surface area (Å²) in [6.07, 6.45) is 2.18. The highest BCUT2D eigenvalue weighted by atomic mass is 16.5. The monoisotopic (exact) mass is 261 g/mol. The minimum atomic E-state index is -0.457. The molecule has 0 N–H and O–H groups in total. The molecule has 3 nitrogen and oxygen atoms in total. The van der Waals surface area contributed by atoms with Crippen LogP contribution in [0.15, 0.2) is 30.3 Å². The first-order valence-electron chi connectivity index (χ1n) is 6.93. The lowest BCUT2D eigenvalue weighted by Crippen LogP contribution is -2.48. The number of methoxy groups -OCH3 is 1. The molecule has 3 heteroatoms. The van der Waals surface area contributed by atoms with E-state index in [0.717, 1.165) is 31.5 Å². The smallest absolute Gasteiger partial charge is 0.232 e. The van der Waals surface area contributed by atoms with Crippen molar-refractivity contribution >= 4 is 5.91 Å². The van der Waals surface area contributed by atoms with Gasteiger partial charge in [-0.2, -0.15) is 0 Å². The van der Waals surface area contributed by atoms with E-state index >= 15 is 0 Å². The predicted octanol–water partition coefficient (Wildman–Crippen LogP) is 2.60. The topological polar surface area (TPSA) is 29.5 Å². The highest BCUT2D eigenvalue weighted by molar-refractivity contribution is 5.87. The normalized spacial score (nSPS) is 17.5. The van der Waals surface area contributed by atoms with Crippen LogP contribution in [-0.4, -0.2) is 37.1 Å². The predicted molar refractivity (Wildman–Crippen MR) is 76.1 cm³/mol. The molecule has 0 bridgehead atoms. The molecule has 1 aromatic rings. The zero-order chi connectivity index (χ0) is 13.9. The Balaban J connectivity index is 2.07. The SMILES string of the molecule is COC1CCN(C(=O)C(C)(C)c2ccccc2)CC1. The van der Waals surface area contributed by atoms with Gasteiger partial charge in [-0.05, 0) is 32.3 Å². The zero-order valence-corrected chi connectivity index (χ0v) is 12.1. The number of nitrogens with zero attached hydrogens (tertiary/aromatic N) is 1. The van der Waals surface area contributed by atoms with Crippen molar-refractivity contribution in [2.75, 3.05) is 20.2 Å². The maximum absolute atomic E-state index is 12.7. The van der Waals surface area contributed by atoms with E-state index in [1.54, 1.807) is 7.11 Å². The second-order valence-electron chi connectivity index (χ2n) is 5.72. The van der Waals surface area contributed by atoms with E-state index in [9.17, 15) is 4.79 Å². The van der Waals surface area contributed by atoms with Gasteiger partial charge in [-0.25, -0.2) is 0 Å². The van der Waals surface area contributed by atoms with Gasteiger partial charge in [0.2, 0.25) is 5.91 Å². The number of benzene rings is 1. The minimum absolute atomic E-state index is 0.216. The van der Waals surface area contributed by atoms with Gasteiger partial charge in [-0.15, -0.1) is 0 Å². The first-order valence-corrected chi connectivity index (χ1v) is 6.93. The van der Waals surface area contributed by atoms with Crippen LogP contribution in [-0.2, 0) is 14.9 Å². The van der Waals surface area contributed by atoms with E-state index in [2.05, 4.69) is 0 Å². The molecule has 0 aliphatic carbocycles. The lowest BCUT2D eigenvalue weighted by molar-refractivity contribution is -0.138. The third-order valence-electron chi connectivity index (χ3n) is 4.09. The van der Waals surface area contributed by atoms with Crippen LogP contribution >= 0.6 is 0 Å². The van der Waals surface area contributed by atoms with E-state index in [0.29, 0.717) is 6.10 Å². The molecule has 1 aliphatic rings. The van der Waals surface area contributed by atoms with Gasteiger partial charge in [0.15, 0.2) is 0 Å². The fourth-order valence-electron chi connectivity index (χ4n) is 2.67. The van der Waals surface area contributed by atoms with Crippen molar-refractivity contribution in [3.63, 3.8) is 0 Å². The molecular weight excluding hydrogens is 238 g/mol. The van der Waals surface area contributed by atoms with Crippen molar-refractivity contribution in [1.29, 1.82) is 0 Å². The maximum Gasteiger partial charge on any atom is 0.232 e. The largest absolute Gasteiger partial charge is 0.381 e. The summed E-state index contributed by atoms with van der Waals surface area (Å²) in [6, 6.07) is 10.0. The van der Waals surface area contributed by atoms with Crippen LogP contribution in [0.3, 0.4) is 0 Å². The summed E-state index contributed by atoms with van der Waals surface area (Å²) >= 11 is 0. The van der Waals surface area contributed by atoms with Crippen LogP contribution in [0.1, 0.15) is 32.3 Å². The molecule has 0 unspecified atom stereocenters. The van der Waals surface area contributed by atoms with Crippen LogP contribution in [0.25, 0.3) is 0 Å². The molecule has 2 rings (SSSR count). The Morgan fingerprint density at radius 2 is 1.79 bits per heavy atom. The third-order valence-corrected chi connectivity index (χ3v) is 4.09. The van der Waals surface area contributed by atoms with E-state index < -0.39 is 5.41 Å². The van der Waals surface area contributed by atoms with Gasteiger partial charge < -0.3 is 9.64 Å². The minimum Gasteiger partial charge on any atom is -0.381 e. The van der Waals surface area contributed by atoms with E-state index in [-0.39, 0.29) is 5.91 Å².